The second-order valence-electron chi connectivity index (χ2n) is 8.32. The van der Waals surface area contributed by atoms with Crippen LogP contribution < -0.4 is 19.8 Å². The fraction of sp³-hybridized carbons (Fsp3) is 0.400. The Hall–Kier alpha value is -2.77. The lowest BCUT2D eigenvalue weighted by atomic mass is 9.85. The van der Waals surface area contributed by atoms with Gasteiger partial charge in [0.2, 0.25) is 5.79 Å². The Bertz CT molecular complexity index is 1220. The molecular formula is C25H27NO5S. The standard InChI is InChI=1S/C25H27NO5S/c1-5-6-8-26-15(2)10-21-22(24(26)27)23-18-12-20(29-4)19(28-3)11-16(18)13-25(30-21,31-23)17-7-9-32-14-17/h7,9-12,14,23H,5-6,8,13H2,1-4H3/t23-,25-/m0/s1. The van der Waals surface area contributed by atoms with Gasteiger partial charge in [0.05, 0.1) is 19.8 Å². The topological polar surface area (TPSA) is 58.9 Å². The van der Waals surface area contributed by atoms with E-state index in [0.717, 1.165) is 35.2 Å². The molecule has 0 saturated carbocycles. The van der Waals surface area contributed by atoms with Gasteiger partial charge in [-0.15, -0.1) is 0 Å². The molecule has 168 valence electrons. The first-order valence-corrected chi connectivity index (χ1v) is 11.8. The highest BCUT2D eigenvalue weighted by Crippen LogP contribution is 2.53. The first-order chi connectivity index (χ1) is 15.5. The van der Waals surface area contributed by atoms with E-state index in [-0.39, 0.29) is 5.56 Å². The molecule has 6 nitrogen and oxygen atoms in total. The van der Waals surface area contributed by atoms with Crippen LogP contribution in [0.25, 0.3) is 0 Å². The molecular weight excluding hydrogens is 426 g/mol. The molecule has 0 radical (unpaired) electrons. The van der Waals surface area contributed by atoms with Gasteiger partial charge in [0.25, 0.3) is 5.56 Å². The van der Waals surface area contributed by atoms with Crippen LogP contribution in [-0.2, 0) is 23.5 Å². The van der Waals surface area contributed by atoms with Gasteiger partial charge in [-0.2, -0.15) is 11.3 Å². The Morgan fingerprint density at radius 2 is 2.00 bits per heavy atom. The first-order valence-electron chi connectivity index (χ1n) is 10.9. The van der Waals surface area contributed by atoms with Crippen LogP contribution in [-0.4, -0.2) is 18.8 Å². The van der Waals surface area contributed by atoms with Crippen LogP contribution in [0.1, 0.15) is 53.8 Å². The molecule has 7 heteroatoms. The number of pyridine rings is 1. The third kappa shape index (κ3) is 3.14. The van der Waals surface area contributed by atoms with Crippen molar-refractivity contribution in [3.8, 4) is 17.2 Å². The lowest BCUT2D eigenvalue weighted by molar-refractivity contribution is -0.237. The van der Waals surface area contributed by atoms with Crippen LogP contribution in [0.4, 0.5) is 0 Å². The van der Waals surface area contributed by atoms with Crippen LogP contribution in [0.5, 0.6) is 17.2 Å². The van der Waals surface area contributed by atoms with E-state index in [2.05, 4.69) is 6.92 Å². The number of nitrogens with zero attached hydrogens (tertiary/aromatic N) is 1. The van der Waals surface area contributed by atoms with Crippen molar-refractivity contribution in [3.63, 3.8) is 0 Å². The molecule has 0 saturated heterocycles. The second-order valence-corrected chi connectivity index (χ2v) is 9.10. The molecule has 5 rings (SSSR count). The molecule has 1 aromatic carbocycles. The van der Waals surface area contributed by atoms with Crippen LogP contribution in [0.2, 0.25) is 0 Å². The van der Waals surface area contributed by atoms with E-state index in [4.69, 9.17) is 18.9 Å². The van der Waals surface area contributed by atoms with E-state index >= 15 is 0 Å². The van der Waals surface area contributed by atoms with Crippen LogP contribution in [0.3, 0.4) is 0 Å². The maximum absolute atomic E-state index is 13.7. The van der Waals surface area contributed by atoms with Gasteiger partial charge in [0, 0.05) is 35.7 Å². The normalized spacial score (nSPS) is 20.8. The Morgan fingerprint density at radius 1 is 1.22 bits per heavy atom. The SMILES string of the molecule is CCCCn1c(C)cc2c(c1=O)[C@H]1O[C@](c3ccsc3)(Cc3cc(OC)c(OC)cc31)O2. The fourth-order valence-corrected chi connectivity index (χ4v) is 5.43. The molecule has 0 amide bonds. The zero-order valence-corrected chi connectivity index (χ0v) is 19.6. The molecule has 2 bridgehead atoms. The Balaban J connectivity index is 1.76. The first kappa shape index (κ1) is 21.1. The molecule has 2 aliphatic heterocycles. The molecule has 3 aromatic rings. The van der Waals surface area contributed by atoms with Crippen molar-refractivity contribution in [2.75, 3.05) is 14.2 Å². The van der Waals surface area contributed by atoms with E-state index < -0.39 is 11.9 Å². The van der Waals surface area contributed by atoms with Gasteiger partial charge in [0.1, 0.15) is 11.9 Å². The van der Waals surface area contributed by atoms with Crippen molar-refractivity contribution in [2.45, 2.75) is 51.5 Å². The van der Waals surface area contributed by atoms with Crippen molar-refractivity contribution in [3.05, 3.63) is 73.3 Å². The van der Waals surface area contributed by atoms with Crippen LogP contribution >= 0.6 is 11.3 Å². The summed E-state index contributed by atoms with van der Waals surface area (Å²) in [6, 6.07) is 7.91. The number of aromatic nitrogens is 1. The summed E-state index contributed by atoms with van der Waals surface area (Å²) in [7, 11) is 3.24. The van der Waals surface area contributed by atoms with Gasteiger partial charge in [-0.3, -0.25) is 4.79 Å². The van der Waals surface area contributed by atoms with Gasteiger partial charge < -0.3 is 23.5 Å². The molecule has 4 heterocycles. The number of hydrogen-bond donors (Lipinski definition) is 0. The second kappa shape index (κ2) is 7.98. The number of benzene rings is 1. The monoisotopic (exact) mass is 453 g/mol. The van der Waals surface area contributed by atoms with Crippen molar-refractivity contribution < 1.29 is 18.9 Å². The highest BCUT2D eigenvalue weighted by molar-refractivity contribution is 7.08. The lowest BCUT2D eigenvalue weighted by Crippen LogP contribution is -2.48. The van der Waals surface area contributed by atoms with E-state index in [0.29, 0.717) is 35.8 Å². The molecule has 2 aromatic heterocycles. The molecule has 0 fully saturated rings. The quantitative estimate of drug-likeness (QED) is 0.529. The predicted molar refractivity (Wildman–Crippen MR) is 123 cm³/mol. The summed E-state index contributed by atoms with van der Waals surface area (Å²) in [6.45, 7) is 4.76. The zero-order valence-electron chi connectivity index (χ0n) is 18.8. The molecule has 0 aliphatic carbocycles. The molecule has 0 unspecified atom stereocenters. The summed E-state index contributed by atoms with van der Waals surface area (Å²) in [5, 5.41) is 4.06. The van der Waals surface area contributed by atoms with Gasteiger partial charge in [-0.25, -0.2) is 0 Å². The Kier molecular flexibility index (Phi) is 5.26. The average Bonchev–Trinajstić information content (AvgIpc) is 3.33. The van der Waals surface area contributed by atoms with Gasteiger partial charge in [-0.05, 0) is 48.1 Å². The summed E-state index contributed by atoms with van der Waals surface area (Å²) in [4.78, 5) is 13.7. The maximum atomic E-state index is 13.7. The summed E-state index contributed by atoms with van der Waals surface area (Å²) < 4.78 is 26.1. The van der Waals surface area contributed by atoms with E-state index in [1.165, 1.54) is 0 Å². The smallest absolute Gasteiger partial charge is 0.260 e. The zero-order chi connectivity index (χ0) is 22.5. The van der Waals surface area contributed by atoms with Crippen molar-refractivity contribution >= 4 is 11.3 Å². The Morgan fingerprint density at radius 3 is 2.69 bits per heavy atom. The van der Waals surface area contributed by atoms with Crippen molar-refractivity contribution in [1.29, 1.82) is 0 Å². The molecule has 2 aliphatic rings. The summed E-state index contributed by atoms with van der Waals surface area (Å²) >= 11 is 1.60. The molecule has 2 atom stereocenters. The van der Waals surface area contributed by atoms with E-state index in [1.807, 2.05) is 46.5 Å². The van der Waals surface area contributed by atoms with Crippen LogP contribution in [0.15, 0.2) is 39.8 Å². The lowest BCUT2D eigenvalue weighted by Gasteiger charge is -2.46. The van der Waals surface area contributed by atoms with E-state index in [9.17, 15) is 4.79 Å². The number of fused-ring (bicyclic) bond motifs is 6. The number of rotatable bonds is 6. The largest absolute Gasteiger partial charge is 0.493 e. The van der Waals surface area contributed by atoms with Gasteiger partial charge in [0.15, 0.2) is 11.5 Å². The number of hydrogen-bond acceptors (Lipinski definition) is 6. The number of unbranched alkanes of at least 4 members (excludes halogenated alkanes) is 1. The number of aryl methyl sites for hydroxylation is 1. The average molecular weight is 454 g/mol. The number of ether oxygens (including phenoxy) is 4. The number of methoxy groups -OCH3 is 2. The van der Waals surface area contributed by atoms with Gasteiger partial charge >= 0.3 is 0 Å². The minimum Gasteiger partial charge on any atom is -0.493 e. The minimum absolute atomic E-state index is 0.0556. The maximum Gasteiger partial charge on any atom is 0.260 e. The van der Waals surface area contributed by atoms with Crippen molar-refractivity contribution in [1.82, 2.24) is 4.57 Å². The third-order valence-electron chi connectivity index (χ3n) is 6.40. The fourth-order valence-electron chi connectivity index (χ4n) is 4.72. The molecule has 0 N–H and O–H groups in total. The highest BCUT2D eigenvalue weighted by atomic mass is 32.1. The van der Waals surface area contributed by atoms with E-state index in [1.54, 1.807) is 25.6 Å². The number of thiophene rings is 1. The molecule has 32 heavy (non-hydrogen) atoms. The van der Waals surface area contributed by atoms with Gasteiger partial charge in [-0.1, -0.05) is 13.3 Å². The van der Waals surface area contributed by atoms with Crippen LogP contribution in [0, 0.1) is 6.92 Å². The summed E-state index contributed by atoms with van der Waals surface area (Å²) in [5.74, 6) is 0.877. The highest BCUT2D eigenvalue weighted by Gasteiger charge is 2.50. The summed E-state index contributed by atoms with van der Waals surface area (Å²) in [6.07, 6.45) is 1.91. The third-order valence-corrected chi connectivity index (χ3v) is 7.08. The Labute approximate surface area is 191 Å². The molecule has 0 spiro atoms. The van der Waals surface area contributed by atoms with Crippen molar-refractivity contribution in [2.24, 2.45) is 0 Å². The summed E-state index contributed by atoms with van der Waals surface area (Å²) in [5.41, 5.74) is 4.28. The predicted octanol–water partition coefficient (Wildman–Crippen LogP) is 4.94. The minimum atomic E-state index is -0.987.